The molecule has 1 aliphatic rings. The first-order chi connectivity index (χ1) is 14.3. The average molecular weight is 412 g/mol. The average Bonchev–Trinajstić information content (AvgIpc) is 3.20. The van der Waals surface area contributed by atoms with E-state index in [0.717, 1.165) is 18.4 Å². The summed E-state index contributed by atoms with van der Waals surface area (Å²) < 4.78 is 11.0. The van der Waals surface area contributed by atoms with Gasteiger partial charge in [-0.25, -0.2) is 9.59 Å². The summed E-state index contributed by atoms with van der Waals surface area (Å²) in [4.78, 5) is 31.4. The lowest BCUT2D eigenvalue weighted by atomic mass is 10.0. The van der Waals surface area contributed by atoms with Crippen molar-refractivity contribution in [3.63, 3.8) is 0 Å². The molecular formula is C23H29N3O4. The molecule has 0 saturated carbocycles. The molecule has 1 N–H and O–H groups in total. The Morgan fingerprint density at radius 3 is 2.57 bits per heavy atom. The number of carbonyl (C=O) groups excluding carboxylic acids is 2. The Kier molecular flexibility index (Phi) is 6.92. The number of aromatic nitrogens is 1. The van der Waals surface area contributed by atoms with Gasteiger partial charge in [-0.15, -0.1) is 0 Å². The number of nitrogens with one attached hydrogen (secondary N) is 1. The van der Waals surface area contributed by atoms with Crippen LogP contribution in [0.4, 0.5) is 9.59 Å². The fourth-order valence-electron chi connectivity index (χ4n) is 3.53. The first kappa shape index (κ1) is 21.6. The maximum absolute atomic E-state index is 12.8. The first-order valence-electron chi connectivity index (χ1n) is 10.2. The fourth-order valence-corrected chi connectivity index (χ4v) is 3.53. The fraction of sp³-hybridized carbons (Fsp3) is 0.435. The molecule has 0 spiro atoms. The maximum atomic E-state index is 12.8. The maximum Gasteiger partial charge on any atom is 0.410 e. The molecule has 2 heterocycles. The predicted octanol–water partition coefficient (Wildman–Crippen LogP) is 4.45. The van der Waals surface area contributed by atoms with Gasteiger partial charge in [-0.05, 0) is 51.3 Å². The molecule has 7 heteroatoms. The smallest absolute Gasteiger partial charge is 0.410 e. The van der Waals surface area contributed by atoms with Gasteiger partial charge in [0.1, 0.15) is 12.2 Å². The molecule has 1 aromatic carbocycles. The molecule has 1 fully saturated rings. The molecular weight excluding hydrogens is 382 g/mol. The Morgan fingerprint density at radius 2 is 1.90 bits per heavy atom. The van der Waals surface area contributed by atoms with Crippen LogP contribution in [0.15, 0.2) is 54.7 Å². The molecule has 0 radical (unpaired) electrons. The lowest BCUT2D eigenvalue weighted by molar-refractivity contribution is 0.0450. The van der Waals surface area contributed by atoms with E-state index in [1.54, 1.807) is 11.1 Å². The van der Waals surface area contributed by atoms with E-state index in [9.17, 15) is 9.59 Å². The van der Waals surface area contributed by atoms with Crippen molar-refractivity contribution in [1.29, 1.82) is 0 Å². The number of benzene rings is 1. The molecule has 1 aromatic heterocycles. The van der Waals surface area contributed by atoms with Crippen LogP contribution in [-0.2, 0) is 16.1 Å². The van der Waals surface area contributed by atoms with Gasteiger partial charge in [0.25, 0.3) is 0 Å². The monoisotopic (exact) mass is 411 g/mol. The molecule has 2 atom stereocenters. The quantitative estimate of drug-likeness (QED) is 0.786. The van der Waals surface area contributed by atoms with Crippen LogP contribution < -0.4 is 5.32 Å². The first-order valence-corrected chi connectivity index (χ1v) is 10.2. The second kappa shape index (κ2) is 9.61. The van der Waals surface area contributed by atoms with Crippen molar-refractivity contribution in [3.8, 4) is 0 Å². The number of rotatable bonds is 5. The third kappa shape index (κ3) is 5.95. The summed E-state index contributed by atoms with van der Waals surface area (Å²) in [6.45, 7) is 6.20. The molecule has 2 unspecified atom stereocenters. The van der Waals surface area contributed by atoms with Crippen molar-refractivity contribution in [3.05, 3.63) is 66.0 Å². The highest BCUT2D eigenvalue weighted by Crippen LogP contribution is 2.30. The predicted molar refractivity (Wildman–Crippen MR) is 113 cm³/mol. The molecule has 2 amide bonds. The van der Waals surface area contributed by atoms with E-state index in [4.69, 9.17) is 9.47 Å². The topological polar surface area (TPSA) is 80.8 Å². The van der Waals surface area contributed by atoms with Gasteiger partial charge in [0.15, 0.2) is 0 Å². The van der Waals surface area contributed by atoms with Crippen LogP contribution in [-0.4, -0.2) is 40.3 Å². The Morgan fingerprint density at radius 1 is 1.17 bits per heavy atom. The zero-order chi connectivity index (χ0) is 21.6. The highest BCUT2D eigenvalue weighted by molar-refractivity contribution is 5.70. The van der Waals surface area contributed by atoms with Crippen molar-refractivity contribution in [1.82, 2.24) is 15.2 Å². The number of amides is 2. The summed E-state index contributed by atoms with van der Waals surface area (Å²) in [6.07, 6.45) is 2.30. The third-order valence-corrected chi connectivity index (χ3v) is 4.80. The number of hydrogen-bond donors (Lipinski definition) is 1. The minimum atomic E-state index is -0.622. The van der Waals surface area contributed by atoms with E-state index in [-0.39, 0.29) is 12.6 Å². The van der Waals surface area contributed by atoms with E-state index < -0.39 is 23.8 Å². The van der Waals surface area contributed by atoms with Crippen LogP contribution in [0.5, 0.6) is 0 Å². The standard InChI is InChI=1S/C23H29N3O4/c1-23(2,3)30-21(27)25-20(18-12-7-8-14-24-18)19-13-9-15-26(19)22(28)29-16-17-10-5-4-6-11-17/h4-8,10-12,14,19-20H,9,13,15-16H2,1-3H3,(H,25,27). The van der Waals surface area contributed by atoms with Crippen molar-refractivity contribution in [2.24, 2.45) is 0 Å². The lowest BCUT2D eigenvalue weighted by Crippen LogP contribution is -2.47. The Bertz CT molecular complexity index is 837. The summed E-state index contributed by atoms with van der Waals surface area (Å²) in [5.74, 6) is 0. The highest BCUT2D eigenvalue weighted by atomic mass is 16.6. The van der Waals surface area contributed by atoms with Gasteiger partial charge in [-0.3, -0.25) is 4.98 Å². The third-order valence-electron chi connectivity index (χ3n) is 4.80. The Balaban J connectivity index is 1.74. The Labute approximate surface area is 177 Å². The van der Waals surface area contributed by atoms with Gasteiger partial charge < -0.3 is 19.7 Å². The molecule has 2 aromatic rings. The van der Waals surface area contributed by atoms with Crippen molar-refractivity contribution < 1.29 is 19.1 Å². The number of alkyl carbamates (subject to hydrolysis) is 1. The summed E-state index contributed by atoms with van der Waals surface area (Å²) in [5.41, 5.74) is 0.980. The minimum absolute atomic E-state index is 0.205. The summed E-state index contributed by atoms with van der Waals surface area (Å²) >= 11 is 0. The zero-order valence-electron chi connectivity index (χ0n) is 17.7. The largest absolute Gasteiger partial charge is 0.445 e. The molecule has 7 nitrogen and oxygen atoms in total. The van der Waals surface area contributed by atoms with Gasteiger partial charge >= 0.3 is 12.2 Å². The van der Waals surface area contributed by atoms with Gasteiger partial charge in [0.2, 0.25) is 0 Å². The number of ether oxygens (including phenoxy) is 2. The second-order valence-corrected chi connectivity index (χ2v) is 8.32. The molecule has 3 rings (SSSR count). The number of pyridine rings is 1. The number of likely N-dealkylation sites (tertiary alicyclic amines) is 1. The van der Waals surface area contributed by atoms with Gasteiger partial charge in [0, 0.05) is 12.7 Å². The van der Waals surface area contributed by atoms with Crippen LogP contribution >= 0.6 is 0 Å². The molecule has 30 heavy (non-hydrogen) atoms. The molecule has 0 aliphatic carbocycles. The zero-order valence-corrected chi connectivity index (χ0v) is 17.7. The van der Waals surface area contributed by atoms with E-state index in [2.05, 4.69) is 10.3 Å². The van der Waals surface area contributed by atoms with E-state index in [1.165, 1.54) is 0 Å². The van der Waals surface area contributed by atoms with Crippen LogP contribution in [0.3, 0.4) is 0 Å². The second-order valence-electron chi connectivity index (χ2n) is 8.32. The molecule has 0 bridgehead atoms. The highest BCUT2D eigenvalue weighted by Gasteiger charge is 2.38. The van der Waals surface area contributed by atoms with E-state index >= 15 is 0 Å². The van der Waals surface area contributed by atoms with Crippen LogP contribution in [0.2, 0.25) is 0 Å². The number of hydrogen-bond acceptors (Lipinski definition) is 5. The summed E-state index contributed by atoms with van der Waals surface area (Å²) in [5, 5.41) is 2.92. The van der Waals surface area contributed by atoms with Crippen molar-refractivity contribution in [2.45, 2.75) is 57.9 Å². The number of carbonyl (C=O) groups is 2. The van der Waals surface area contributed by atoms with Gasteiger partial charge in [0.05, 0.1) is 17.8 Å². The van der Waals surface area contributed by atoms with Crippen LogP contribution in [0, 0.1) is 0 Å². The normalized spacial score (nSPS) is 17.3. The lowest BCUT2D eigenvalue weighted by Gasteiger charge is -2.32. The molecule has 1 saturated heterocycles. The SMILES string of the molecule is CC(C)(C)OC(=O)NC(c1ccccn1)C1CCCN1C(=O)OCc1ccccc1. The van der Waals surface area contributed by atoms with Gasteiger partial charge in [-0.2, -0.15) is 0 Å². The van der Waals surface area contributed by atoms with Crippen molar-refractivity contribution >= 4 is 12.2 Å². The van der Waals surface area contributed by atoms with Crippen LogP contribution in [0.25, 0.3) is 0 Å². The van der Waals surface area contributed by atoms with Crippen LogP contribution in [0.1, 0.15) is 50.9 Å². The molecule has 160 valence electrons. The molecule has 1 aliphatic heterocycles. The number of nitrogens with zero attached hydrogens (tertiary/aromatic N) is 2. The minimum Gasteiger partial charge on any atom is -0.445 e. The Hall–Kier alpha value is -3.09. The van der Waals surface area contributed by atoms with E-state index in [0.29, 0.717) is 12.2 Å². The van der Waals surface area contributed by atoms with Crippen molar-refractivity contribution in [2.75, 3.05) is 6.54 Å². The summed E-state index contributed by atoms with van der Waals surface area (Å²) in [7, 11) is 0. The van der Waals surface area contributed by atoms with E-state index in [1.807, 2.05) is 69.3 Å². The van der Waals surface area contributed by atoms with Gasteiger partial charge in [-0.1, -0.05) is 36.4 Å². The summed E-state index contributed by atoms with van der Waals surface area (Å²) in [6, 6.07) is 14.3.